The molecule has 0 spiro atoms. The van der Waals surface area contributed by atoms with Crippen LogP contribution in [0.1, 0.15) is 11.1 Å². The number of amides is 2. The summed E-state index contributed by atoms with van der Waals surface area (Å²) in [5.74, 6) is -0.381. The lowest BCUT2D eigenvalue weighted by Gasteiger charge is -2.13. The molecule has 4 rings (SSSR count). The van der Waals surface area contributed by atoms with Crippen molar-refractivity contribution in [2.75, 3.05) is 0 Å². The maximum absolute atomic E-state index is 12.8. The highest BCUT2D eigenvalue weighted by atomic mass is 35.5. The van der Waals surface area contributed by atoms with Crippen LogP contribution in [0.4, 0.5) is 4.79 Å². The van der Waals surface area contributed by atoms with E-state index in [1.165, 1.54) is 0 Å². The van der Waals surface area contributed by atoms with Crippen LogP contribution in [-0.2, 0) is 25.4 Å². The Hall–Kier alpha value is -2.48. The minimum Gasteiger partial charge on any atom is -0.295 e. The molecule has 0 aliphatic carbocycles. The SMILES string of the molecule is Cn1c(=O)n(C)c2cc(C=C3SC(=O)N(Cc4ccc(Cl)cc4Cl)C3=O)ccc21. The quantitative estimate of drug-likeness (QED) is 0.557. The average molecular weight is 448 g/mol. The van der Waals surface area contributed by atoms with Crippen molar-refractivity contribution in [3.8, 4) is 0 Å². The second-order valence-corrected chi connectivity index (χ2v) is 8.49. The van der Waals surface area contributed by atoms with Crippen molar-refractivity contribution in [3.05, 3.63) is 73.0 Å². The Morgan fingerprint density at radius 2 is 1.69 bits per heavy atom. The summed E-state index contributed by atoms with van der Waals surface area (Å²) < 4.78 is 3.10. The first-order valence-electron chi connectivity index (χ1n) is 8.61. The zero-order valence-corrected chi connectivity index (χ0v) is 17.8. The lowest BCUT2D eigenvalue weighted by Crippen LogP contribution is -2.27. The average Bonchev–Trinajstić information content (AvgIpc) is 3.06. The second-order valence-electron chi connectivity index (χ2n) is 6.65. The van der Waals surface area contributed by atoms with E-state index >= 15 is 0 Å². The van der Waals surface area contributed by atoms with E-state index in [9.17, 15) is 14.4 Å². The standard InChI is InChI=1S/C20H15Cl2N3O3S/c1-23-15-6-3-11(7-16(15)24(2)19(23)27)8-17-18(26)25(20(28)29-17)10-12-4-5-13(21)9-14(12)22/h3-9H,10H2,1-2H3. The van der Waals surface area contributed by atoms with E-state index in [0.717, 1.165) is 33.3 Å². The molecule has 1 fully saturated rings. The number of rotatable bonds is 3. The van der Waals surface area contributed by atoms with Crippen molar-refractivity contribution in [2.24, 2.45) is 14.1 Å². The van der Waals surface area contributed by atoms with Gasteiger partial charge in [0.15, 0.2) is 0 Å². The van der Waals surface area contributed by atoms with Crippen LogP contribution in [0.15, 0.2) is 46.1 Å². The Bertz CT molecular complexity index is 1280. The van der Waals surface area contributed by atoms with Gasteiger partial charge in [-0.15, -0.1) is 0 Å². The van der Waals surface area contributed by atoms with Gasteiger partial charge in [-0.1, -0.05) is 35.3 Å². The van der Waals surface area contributed by atoms with Gasteiger partial charge in [0, 0.05) is 24.1 Å². The summed E-state index contributed by atoms with van der Waals surface area (Å²) >= 11 is 12.9. The van der Waals surface area contributed by atoms with E-state index in [-0.39, 0.29) is 23.4 Å². The molecule has 2 amide bonds. The second kappa shape index (κ2) is 7.40. The van der Waals surface area contributed by atoms with Crippen molar-refractivity contribution in [2.45, 2.75) is 6.54 Å². The Morgan fingerprint density at radius 1 is 0.966 bits per heavy atom. The molecule has 0 unspecified atom stereocenters. The summed E-state index contributed by atoms with van der Waals surface area (Å²) in [5.41, 5.74) is 2.78. The third kappa shape index (κ3) is 3.50. The largest absolute Gasteiger partial charge is 0.328 e. The number of carbonyl (C=O) groups excluding carboxylic acids is 2. The molecule has 6 nitrogen and oxygen atoms in total. The van der Waals surface area contributed by atoms with E-state index in [4.69, 9.17) is 23.2 Å². The van der Waals surface area contributed by atoms with E-state index in [1.54, 1.807) is 47.5 Å². The molecule has 0 atom stereocenters. The molecular weight excluding hydrogens is 433 g/mol. The molecule has 2 heterocycles. The summed E-state index contributed by atoms with van der Waals surface area (Å²) in [7, 11) is 3.40. The van der Waals surface area contributed by atoms with E-state index in [1.807, 2.05) is 18.2 Å². The van der Waals surface area contributed by atoms with Crippen molar-refractivity contribution in [1.29, 1.82) is 0 Å². The molecular formula is C20H15Cl2N3O3S. The molecule has 2 aromatic carbocycles. The summed E-state index contributed by atoms with van der Waals surface area (Å²) in [6.07, 6.45) is 1.66. The number of fused-ring (bicyclic) bond motifs is 1. The molecule has 0 saturated carbocycles. The third-order valence-corrected chi connectivity index (χ3v) is 6.31. The Labute approximate surface area is 180 Å². The monoisotopic (exact) mass is 447 g/mol. The maximum atomic E-state index is 12.8. The summed E-state index contributed by atoms with van der Waals surface area (Å²) in [5, 5.41) is 0.523. The van der Waals surface area contributed by atoms with Gasteiger partial charge in [-0.05, 0) is 53.2 Å². The third-order valence-electron chi connectivity index (χ3n) is 4.81. The predicted molar refractivity (Wildman–Crippen MR) is 116 cm³/mol. The van der Waals surface area contributed by atoms with Crippen LogP contribution in [0.25, 0.3) is 17.1 Å². The summed E-state index contributed by atoms with van der Waals surface area (Å²) in [6, 6.07) is 10.4. The molecule has 1 saturated heterocycles. The van der Waals surface area contributed by atoms with Crippen molar-refractivity contribution in [3.63, 3.8) is 0 Å². The molecule has 29 heavy (non-hydrogen) atoms. The lowest BCUT2D eigenvalue weighted by atomic mass is 10.1. The molecule has 1 aliphatic rings. The number of carbonyl (C=O) groups is 2. The molecule has 1 aromatic heterocycles. The fraction of sp³-hybridized carbons (Fsp3) is 0.150. The van der Waals surface area contributed by atoms with Crippen LogP contribution in [0.2, 0.25) is 10.0 Å². The first-order valence-corrected chi connectivity index (χ1v) is 10.2. The number of nitrogens with zero attached hydrogens (tertiary/aromatic N) is 3. The Balaban J connectivity index is 1.64. The lowest BCUT2D eigenvalue weighted by molar-refractivity contribution is -0.123. The van der Waals surface area contributed by atoms with Crippen LogP contribution >= 0.6 is 35.0 Å². The number of benzene rings is 2. The number of hydrogen-bond donors (Lipinski definition) is 0. The molecule has 1 aliphatic heterocycles. The number of imidazole rings is 1. The van der Waals surface area contributed by atoms with E-state index < -0.39 is 0 Å². The van der Waals surface area contributed by atoms with Gasteiger partial charge >= 0.3 is 5.69 Å². The van der Waals surface area contributed by atoms with Gasteiger partial charge in [0.2, 0.25) is 0 Å². The van der Waals surface area contributed by atoms with Crippen molar-refractivity contribution >= 4 is 63.2 Å². The molecule has 0 bridgehead atoms. The van der Waals surface area contributed by atoms with Crippen LogP contribution < -0.4 is 5.69 Å². The fourth-order valence-electron chi connectivity index (χ4n) is 3.22. The minimum absolute atomic E-state index is 0.0736. The van der Waals surface area contributed by atoms with Crippen molar-refractivity contribution in [1.82, 2.24) is 14.0 Å². The maximum Gasteiger partial charge on any atom is 0.328 e. The normalized spacial score (nSPS) is 15.9. The number of imide groups is 1. The van der Waals surface area contributed by atoms with Crippen LogP contribution in [0, 0.1) is 0 Å². The predicted octanol–water partition coefficient (Wildman–Crippen LogP) is 4.42. The van der Waals surface area contributed by atoms with Gasteiger partial charge < -0.3 is 0 Å². The zero-order valence-electron chi connectivity index (χ0n) is 15.5. The summed E-state index contributed by atoms with van der Waals surface area (Å²) in [4.78, 5) is 38.7. The Morgan fingerprint density at radius 3 is 2.41 bits per heavy atom. The highest BCUT2D eigenvalue weighted by Crippen LogP contribution is 2.34. The number of thioether (sulfide) groups is 1. The van der Waals surface area contributed by atoms with E-state index in [2.05, 4.69) is 0 Å². The first kappa shape index (κ1) is 19.8. The van der Waals surface area contributed by atoms with E-state index in [0.29, 0.717) is 20.5 Å². The van der Waals surface area contributed by atoms with Crippen LogP contribution in [0.3, 0.4) is 0 Å². The molecule has 0 N–H and O–H groups in total. The van der Waals surface area contributed by atoms with Gasteiger partial charge in [-0.2, -0.15) is 0 Å². The fourth-order valence-corrected chi connectivity index (χ4v) is 4.53. The topological polar surface area (TPSA) is 64.3 Å². The number of aryl methyl sites for hydroxylation is 2. The molecule has 0 radical (unpaired) electrons. The zero-order chi connectivity index (χ0) is 20.9. The van der Waals surface area contributed by atoms with Gasteiger partial charge in [-0.25, -0.2) is 4.79 Å². The number of halogens is 2. The summed E-state index contributed by atoms with van der Waals surface area (Å²) in [6.45, 7) is 0.0736. The number of aromatic nitrogens is 2. The highest BCUT2D eigenvalue weighted by molar-refractivity contribution is 8.18. The molecule has 9 heteroatoms. The van der Waals surface area contributed by atoms with Crippen LogP contribution in [-0.4, -0.2) is 25.2 Å². The van der Waals surface area contributed by atoms with Crippen molar-refractivity contribution < 1.29 is 9.59 Å². The smallest absolute Gasteiger partial charge is 0.295 e. The minimum atomic E-state index is -0.381. The number of hydrogen-bond acceptors (Lipinski definition) is 4. The van der Waals surface area contributed by atoms with Gasteiger partial charge in [0.25, 0.3) is 11.1 Å². The van der Waals surface area contributed by atoms with Gasteiger partial charge in [0.05, 0.1) is 22.5 Å². The van der Waals surface area contributed by atoms with Gasteiger partial charge in [-0.3, -0.25) is 23.6 Å². The highest BCUT2D eigenvalue weighted by Gasteiger charge is 2.35. The van der Waals surface area contributed by atoms with Crippen LogP contribution in [0.5, 0.6) is 0 Å². The Kier molecular flexibility index (Phi) is 5.06. The molecule has 3 aromatic rings. The molecule has 148 valence electrons. The van der Waals surface area contributed by atoms with Gasteiger partial charge in [0.1, 0.15) is 0 Å². The first-order chi connectivity index (χ1) is 13.8.